The predicted octanol–water partition coefficient (Wildman–Crippen LogP) is 4.97. The van der Waals surface area contributed by atoms with Gasteiger partial charge in [-0.1, -0.05) is 29.3 Å². The van der Waals surface area contributed by atoms with E-state index >= 15 is 0 Å². The Morgan fingerprint density at radius 2 is 1.95 bits per heavy atom. The van der Waals surface area contributed by atoms with Gasteiger partial charge in [-0.2, -0.15) is 0 Å². The van der Waals surface area contributed by atoms with Crippen LogP contribution in [0.5, 0.6) is 11.5 Å². The monoisotopic (exact) mass is 574 g/mol. The largest absolute Gasteiger partial charge is 0.495 e. The van der Waals surface area contributed by atoms with Crippen LogP contribution in [0.15, 0.2) is 36.1 Å². The molecule has 3 N–H and O–H groups in total. The van der Waals surface area contributed by atoms with Crippen molar-refractivity contribution in [1.29, 1.82) is 0 Å². The molecule has 1 aliphatic rings. The average Bonchev–Trinajstić information content (AvgIpc) is 3.54. The molecule has 10 nitrogen and oxygen atoms in total. The number of carbonyl (C=O) groups is 1. The molecule has 0 aliphatic carbocycles. The van der Waals surface area contributed by atoms with Gasteiger partial charge >= 0.3 is 0 Å². The van der Waals surface area contributed by atoms with E-state index in [2.05, 4.69) is 30.5 Å². The van der Waals surface area contributed by atoms with Gasteiger partial charge < -0.3 is 25.2 Å². The number of halogens is 2. The number of anilines is 3. The lowest BCUT2D eigenvalue weighted by Crippen LogP contribution is -2.21. The van der Waals surface area contributed by atoms with Crippen LogP contribution in [0.1, 0.15) is 22.3 Å². The molecule has 3 aromatic heterocycles. The van der Waals surface area contributed by atoms with Crippen molar-refractivity contribution in [2.75, 3.05) is 37.9 Å². The first kappa shape index (κ1) is 26.4. The highest BCUT2D eigenvalue weighted by Crippen LogP contribution is 2.44. The van der Waals surface area contributed by atoms with Gasteiger partial charge in [0.05, 0.1) is 41.8 Å². The quantitative estimate of drug-likeness (QED) is 0.267. The number of nitrogens with zero attached hydrogens (tertiary/aromatic N) is 4. The fourth-order valence-electron chi connectivity index (χ4n) is 4.20. The number of hydrogen-bond acceptors (Lipinski definition) is 10. The van der Waals surface area contributed by atoms with Gasteiger partial charge in [-0.15, -0.1) is 11.3 Å². The van der Waals surface area contributed by atoms with Crippen molar-refractivity contribution < 1.29 is 19.4 Å². The molecule has 0 saturated carbocycles. The van der Waals surface area contributed by atoms with Crippen molar-refractivity contribution in [1.82, 2.24) is 19.9 Å². The van der Waals surface area contributed by atoms with Gasteiger partial charge in [-0.25, -0.2) is 15.0 Å². The number of β-amino-alcohol motifs (C(OH)–C–C–N with tert-alkyl or cyclic N) is 1. The second-order valence-corrected chi connectivity index (χ2v) is 10.3. The van der Waals surface area contributed by atoms with E-state index in [1.807, 2.05) is 12.1 Å². The number of fused-ring (bicyclic) bond motifs is 1. The van der Waals surface area contributed by atoms with Crippen LogP contribution in [0.25, 0.3) is 10.2 Å². The third kappa shape index (κ3) is 5.33. The van der Waals surface area contributed by atoms with Crippen molar-refractivity contribution in [3.05, 3.63) is 57.3 Å². The highest BCUT2D eigenvalue weighted by Gasteiger charge is 2.23. The van der Waals surface area contributed by atoms with E-state index in [0.29, 0.717) is 45.5 Å². The lowest BCUT2D eigenvalue weighted by atomic mass is 10.2. The van der Waals surface area contributed by atoms with Crippen LogP contribution in [0, 0.1) is 0 Å². The summed E-state index contributed by atoms with van der Waals surface area (Å²) in [4.78, 5) is 28.6. The standard InChI is InChI=1S/C25H24Cl2N6O4S/c1-36-16-7-17(37-2)20(27)22(19(16)26)32-25(35)15-11-38-23-21(15)29-12-30-24(23)31-18-4-3-13(8-28-18)9-33-6-5-14(34)10-33/h3-4,7-8,11-12,14,34H,5-6,9-10H2,1-2H3,(H,32,35)(H,28,29,30,31)/t14-/m1/s1. The van der Waals surface area contributed by atoms with E-state index in [0.717, 1.165) is 25.1 Å². The Labute approximate surface area is 232 Å². The Balaban J connectivity index is 1.35. The molecule has 13 heteroatoms. The lowest BCUT2D eigenvalue weighted by molar-refractivity contribution is 0.102. The smallest absolute Gasteiger partial charge is 0.258 e. The van der Waals surface area contributed by atoms with Crippen LogP contribution < -0.4 is 20.1 Å². The van der Waals surface area contributed by atoms with Crippen LogP contribution >= 0.6 is 34.5 Å². The predicted molar refractivity (Wildman–Crippen MR) is 148 cm³/mol. The molecule has 0 radical (unpaired) electrons. The maximum Gasteiger partial charge on any atom is 0.258 e. The van der Waals surface area contributed by atoms with Gasteiger partial charge in [-0.3, -0.25) is 9.69 Å². The summed E-state index contributed by atoms with van der Waals surface area (Å²) in [5.74, 6) is 1.31. The number of rotatable bonds is 8. The normalized spacial score (nSPS) is 15.6. The summed E-state index contributed by atoms with van der Waals surface area (Å²) in [6.07, 6.45) is 3.73. The molecule has 38 heavy (non-hydrogen) atoms. The van der Waals surface area contributed by atoms with E-state index in [4.69, 9.17) is 32.7 Å². The zero-order chi connectivity index (χ0) is 26.8. The first-order chi connectivity index (χ1) is 18.4. The van der Waals surface area contributed by atoms with Gasteiger partial charge in [-0.05, 0) is 18.1 Å². The van der Waals surface area contributed by atoms with Crippen LogP contribution in [0.4, 0.5) is 17.3 Å². The fourth-order valence-corrected chi connectivity index (χ4v) is 5.74. The zero-order valence-electron chi connectivity index (χ0n) is 20.5. The van der Waals surface area contributed by atoms with Gasteiger partial charge in [0.15, 0.2) is 5.82 Å². The second kappa shape index (κ2) is 11.3. The van der Waals surface area contributed by atoms with Crippen molar-refractivity contribution in [3.8, 4) is 11.5 Å². The van der Waals surface area contributed by atoms with Gasteiger partial charge in [0.1, 0.15) is 33.7 Å². The second-order valence-electron chi connectivity index (χ2n) is 8.64. The Morgan fingerprint density at radius 1 is 1.18 bits per heavy atom. The summed E-state index contributed by atoms with van der Waals surface area (Å²) < 4.78 is 11.2. The summed E-state index contributed by atoms with van der Waals surface area (Å²) in [6, 6.07) is 5.40. The van der Waals surface area contributed by atoms with Crippen LogP contribution in [0.2, 0.25) is 10.0 Å². The number of carbonyl (C=O) groups excluding carboxylic acids is 1. The number of benzene rings is 1. The number of nitrogens with one attached hydrogen (secondary N) is 2. The molecule has 4 aromatic rings. The first-order valence-electron chi connectivity index (χ1n) is 11.6. The van der Waals surface area contributed by atoms with Gasteiger partial charge in [0.25, 0.3) is 5.91 Å². The molecule has 1 aliphatic heterocycles. The number of amides is 1. The molecule has 0 spiro atoms. The number of thiophene rings is 1. The van der Waals surface area contributed by atoms with E-state index in [9.17, 15) is 9.90 Å². The molecule has 1 saturated heterocycles. The molecular formula is C25H24Cl2N6O4S. The Hall–Kier alpha value is -3.22. The maximum atomic E-state index is 13.2. The van der Waals surface area contributed by atoms with E-state index < -0.39 is 5.91 Å². The molecule has 4 heterocycles. The number of aliphatic hydroxyl groups is 1. The summed E-state index contributed by atoms with van der Waals surface area (Å²) in [5.41, 5.74) is 2.03. The van der Waals surface area contributed by atoms with Gasteiger partial charge in [0.2, 0.25) is 0 Å². The van der Waals surface area contributed by atoms with Crippen molar-refractivity contribution in [2.45, 2.75) is 19.1 Å². The number of aliphatic hydroxyl groups excluding tert-OH is 1. The van der Waals surface area contributed by atoms with E-state index in [1.165, 1.54) is 31.9 Å². The molecule has 1 aromatic carbocycles. The summed E-state index contributed by atoms with van der Waals surface area (Å²) >= 11 is 14.2. The van der Waals surface area contributed by atoms with Crippen molar-refractivity contribution in [2.24, 2.45) is 0 Å². The van der Waals surface area contributed by atoms with Crippen molar-refractivity contribution >= 4 is 68.0 Å². The Bertz CT molecular complexity index is 1450. The Kier molecular flexibility index (Phi) is 7.82. The molecule has 1 fully saturated rings. The van der Waals surface area contributed by atoms with E-state index in [1.54, 1.807) is 17.6 Å². The molecule has 198 valence electrons. The van der Waals surface area contributed by atoms with Crippen LogP contribution in [0.3, 0.4) is 0 Å². The van der Waals surface area contributed by atoms with E-state index in [-0.39, 0.29) is 21.8 Å². The molecule has 0 bridgehead atoms. The lowest BCUT2D eigenvalue weighted by Gasteiger charge is -2.15. The van der Waals surface area contributed by atoms with Gasteiger partial charge in [0, 0.05) is 37.3 Å². The van der Waals surface area contributed by atoms with Crippen LogP contribution in [-0.4, -0.2) is 64.3 Å². The average molecular weight is 575 g/mol. The molecule has 5 rings (SSSR count). The third-order valence-electron chi connectivity index (χ3n) is 6.14. The topological polar surface area (TPSA) is 122 Å². The highest BCUT2D eigenvalue weighted by molar-refractivity contribution is 7.18. The van der Waals surface area contributed by atoms with Crippen LogP contribution in [-0.2, 0) is 6.54 Å². The number of likely N-dealkylation sites (tertiary alicyclic amines) is 1. The first-order valence-corrected chi connectivity index (χ1v) is 13.3. The SMILES string of the molecule is COc1cc(OC)c(Cl)c(NC(=O)c2csc3c(Nc4ccc(CN5CC[C@@H](O)C5)cn4)ncnc23)c1Cl. The number of aromatic nitrogens is 3. The minimum atomic E-state index is -0.450. The minimum absolute atomic E-state index is 0.151. The summed E-state index contributed by atoms with van der Waals surface area (Å²) in [5, 5.41) is 17.7. The molecular weight excluding hydrogens is 551 g/mol. The summed E-state index contributed by atoms with van der Waals surface area (Å²) in [6.45, 7) is 2.29. The fraction of sp³-hybridized carbons (Fsp3) is 0.280. The highest BCUT2D eigenvalue weighted by atomic mass is 35.5. The zero-order valence-corrected chi connectivity index (χ0v) is 22.8. The maximum absolute atomic E-state index is 13.2. The number of hydrogen-bond donors (Lipinski definition) is 3. The minimum Gasteiger partial charge on any atom is -0.495 e. The molecule has 0 unspecified atom stereocenters. The van der Waals surface area contributed by atoms with Crippen molar-refractivity contribution in [3.63, 3.8) is 0 Å². The third-order valence-corrected chi connectivity index (χ3v) is 7.86. The molecule has 1 atom stereocenters. The summed E-state index contributed by atoms with van der Waals surface area (Å²) in [7, 11) is 2.92. The Morgan fingerprint density at radius 3 is 2.58 bits per heavy atom. The molecule has 1 amide bonds. The number of methoxy groups -OCH3 is 2. The number of ether oxygens (including phenoxy) is 2. The number of pyridine rings is 1.